The number of primary amides is 1. The Morgan fingerprint density at radius 2 is 2.00 bits per heavy atom. The molecule has 0 saturated carbocycles. The zero-order chi connectivity index (χ0) is 15.8. The minimum atomic E-state index is -0.901. The Balaban J connectivity index is 0.00000172. The lowest BCUT2D eigenvalue weighted by atomic mass is 10.2. The number of nitrogens with zero attached hydrogens (tertiary/aromatic N) is 3. The van der Waals surface area contributed by atoms with Crippen LogP contribution in [0.1, 0.15) is 34.6 Å². The number of carbonyl (C=O) groups excluding carboxylic acids is 2. The maximum Gasteiger partial charge on any atom is 0.408 e. The first kappa shape index (κ1) is 17.9. The van der Waals surface area contributed by atoms with Crippen molar-refractivity contribution in [3.05, 3.63) is 12.4 Å². The minimum absolute atomic E-state index is 0.106. The van der Waals surface area contributed by atoms with E-state index in [4.69, 9.17) is 10.5 Å². The molecular formula is C12H23N5O3. The molecule has 2 amide bonds. The Hall–Kier alpha value is -2.12. The average molecular weight is 285 g/mol. The van der Waals surface area contributed by atoms with E-state index in [2.05, 4.69) is 15.6 Å². The third-order valence-electron chi connectivity index (χ3n) is 1.88. The van der Waals surface area contributed by atoms with E-state index in [1.165, 1.54) is 10.9 Å². The second-order valence-corrected chi connectivity index (χ2v) is 4.73. The number of ether oxygens (including phenoxy) is 1. The molecule has 1 rings (SSSR count). The van der Waals surface area contributed by atoms with Crippen molar-refractivity contribution < 1.29 is 14.3 Å². The predicted octanol–water partition coefficient (Wildman–Crippen LogP) is 0.683. The quantitative estimate of drug-likeness (QED) is 0.845. The molecule has 114 valence electrons. The fourth-order valence-corrected chi connectivity index (χ4v) is 1.17. The molecule has 20 heavy (non-hydrogen) atoms. The van der Waals surface area contributed by atoms with Crippen LogP contribution in [0.25, 0.3) is 0 Å². The fraction of sp³-hybridized carbons (Fsp3) is 0.667. The third-order valence-corrected chi connectivity index (χ3v) is 1.88. The minimum Gasteiger partial charge on any atom is -0.444 e. The van der Waals surface area contributed by atoms with Gasteiger partial charge in [0.25, 0.3) is 0 Å². The first-order valence-corrected chi connectivity index (χ1v) is 6.41. The molecular weight excluding hydrogens is 262 g/mol. The van der Waals surface area contributed by atoms with Gasteiger partial charge >= 0.3 is 6.09 Å². The number of nitrogens with one attached hydrogen (secondary N) is 1. The van der Waals surface area contributed by atoms with Crippen LogP contribution < -0.4 is 11.1 Å². The number of aromatic nitrogens is 3. The highest BCUT2D eigenvalue weighted by atomic mass is 16.6. The van der Waals surface area contributed by atoms with Crippen LogP contribution in [0.5, 0.6) is 0 Å². The van der Waals surface area contributed by atoms with Crippen LogP contribution in [-0.2, 0) is 16.1 Å². The summed E-state index contributed by atoms with van der Waals surface area (Å²) in [5.41, 5.74) is 4.56. The molecule has 1 unspecified atom stereocenters. The molecule has 0 aromatic carbocycles. The van der Waals surface area contributed by atoms with Crippen LogP contribution in [0, 0.1) is 0 Å². The number of alkyl carbamates (subject to hydrolysis) is 1. The SMILES string of the molecule is CC.CC(C)(C)OC(=O)NC(Cn1ccnn1)C(N)=O. The van der Waals surface area contributed by atoms with Gasteiger partial charge in [0.15, 0.2) is 0 Å². The standard InChI is InChI=1S/C10H17N5O3.C2H6/c1-10(2,3)18-9(17)13-7(8(11)16)6-15-5-4-12-14-15;1-2/h4-5,7H,6H2,1-3H3,(H2,11,16)(H,13,17);1-2H3. The molecule has 8 nitrogen and oxygen atoms in total. The van der Waals surface area contributed by atoms with E-state index in [-0.39, 0.29) is 6.54 Å². The molecule has 3 N–H and O–H groups in total. The maximum absolute atomic E-state index is 11.5. The van der Waals surface area contributed by atoms with Crippen molar-refractivity contribution in [3.8, 4) is 0 Å². The smallest absolute Gasteiger partial charge is 0.408 e. The van der Waals surface area contributed by atoms with E-state index in [1.54, 1.807) is 27.0 Å². The van der Waals surface area contributed by atoms with Crippen LogP contribution in [-0.4, -0.2) is 38.6 Å². The Kier molecular flexibility index (Phi) is 7.27. The van der Waals surface area contributed by atoms with Gasteiger partial charge in [-0.25, -0.2) is 9.48 Å². The van der Waals surface area contributed by atoms with Crippen LogP contribution >= 0.6 is 0 Å². The molecule has 1 heterocycles. The van der Waals surface area contributed by atoms with Gasteiger partial charge in [0, 0.05) is 6.20 Å². The summed E-state index contributed by atoms with van der Waals surface area (Å²) < 4.78 is 6.43. The van der Waals surface area contributed by atoms with Crippen molar-refractivity contribution in [1.29, 1.82) is 0 Å². The number of nitrogens with two attached hydrogens (primary N) is 1. The molecule has 8 heteroatoms. The zero-order valence-electron chi connectivity index (χ0n) is 12.6. The normalized spacial score (nSPS) is 11.8. The lowest BCUT2D eigenvalue weighted by Crippen LogP contribution is -2.48. The molecule has 1 aromatic rings. The highest BCUT2D eigenvalue weighted by Crippen LogP contribution is 2.06. The van der Waals surface area contributed by atoms with Crippen LogP contribution in [0.15, 0.2) is 12.4 Å². The molecule has 0 fully saturated rings. The summed E-state index contributed by atoms with van der Waals surface area (Å²) in [6.45, 7) is 9.28. The van der Waals surface area contributed by atoms with Gasteiger partial charge in [-0.15, -0.1) is 5.10 Å². The van der Waals surface area contributed by atoms with Gasteiger partial charge < -0.3 is 15.8 Å². The first-order chi connectivity index (χ1) is 9.28. The van der Waals surface area contributed by atoms with Crippen molar-refractivity contribution in [2.45, 2.75) is 52.8 Å². The Bertz CT molecular complexity index is 411. The van der Waals surface area contributed by atoms with Crippen molar-refractivity contribution in [2.75, 3.05) is 0 Å². The Morgan fingerprint density at radius 3 is 2.40 bits per heavy atom. The largest absolute Gasteiger partial charge is 0.444 e. The van der Waals surface area contributed by atoms with Gasteiger partial charge in [-0.2, -0.15) is 0 Å². The monoisotopic (exact) mass is 285 g/mol. The van der Waals surface area contributed by atoms with Gasteiger partial charge in [0.2, 0.25) is 5.91 Å². The summed E-state index contributed by atoms with van der Waals surface area (Å²) in [4.78, 5) is 22.7. The van der Waals surface area contributed by atoms with Gasteiger partial charge in [0.1, 0.15) is 11.6 Å². The Labute approximate surface area is 118 Å². The van der Waals surface area contributed by atoms with E-state index >= 15 is 0 Å². The molecule has 0 aliphatic heterocycles. The van der Waals surface area contributed by atoms with Gasteiger partial charge in [-0.1, -0.05) is 19.1 Å². The highest BCUT2D eigenvalue weighted by Gasteiger charge is 2.23. The number of rotatable bonds is 4. The Morgan fingerprint density at radius 1 is 1.40 bits per heavy atom. The molecule has 1 aromatic heterocycles. The van der Waals surface area contributed by atoms with Crippen molar-refractivity contribution in [3.63, 3.8) is 0 Å². The van der Waals surface area contributed by atoms with E-state index in [1.807, 2.05) is 13.8 Å². The number of amides is 2. The lowest BCUT2D eigenvalue weighted by Gasteiger charge is -2.22. The fourth-order valence-electron chi connectivity index (χ4n) is 1.17. The number of hydrogen-bond acceptors (Lipinski definition) is 5. The van der Waals surface area contributed by atoms with Gasteiger partial charge in [0.05, 0.1) is 12.7 Å². The summed E-state index contributed by atoms with van der Waals surface area (Å²) in [6, 6.07) is -0.901. The van der Waals surface area contributed by atoms with Crippen LogP contribution in [0.3, 0.4) is 0 Å². The number of hydrogen-bond donors (Lipinski definition) is 2. The van der Waals surface area contributed by atoms with Crippen LogP contribution in [0.4, 0.5) is 4.79 Å². The van der Waals surface area contributed by atoms with E-state index < -0.39 is 23.6 Å². The van der Waals surface area contributed by atoms with Crippen molar-refractivity contribution in [2.24, 2.45) is 5.73 Å². The molecule has 0 bridgehead atoms. The predicted molar refractivity (Wildman–Crippen MR) is 73.7 cm³/mol. The van der Waals surface area contributed by atoms with Crippen LogP contribution in [0.2, 0.25) is 0 Å². The van der Waals surface area contributed by atoms with E-state index in [9.17, 15) is 9.59 Å². The molecule has 0 spiro atoms. The van der Waals surface area contributed by atoms with Gasteiger partial charge in [-0.05, 0) is 20.8 Å². The average Bonchev–Trinajstić information content (AvgIpc) is 2.81. The molecule has 0 aliphatic carbocycles. The molecule has 0 aliphatic rings. The maximum atomic E-state index is 11.5. The topological polar surface area (TPSA) is 112 Å². The van der Waals surface area contributed by atoms with Crippen molar-refractivity contribution in [1.82, 2.24) is 20.3 Å². The summed E-state index contributed by atoms with van der Waals surface area (Å²) in [5, 5.41) is 9.66. The second-order valence-electron chi connectivity index (χ2n) is 4.73. The first-order valence-electron chi connectivity index (χ1n) is 6.41. The lowest BCUT2D eigenvalue weighted by molar-refractivity contribution is -0.120. The van der Waals surface area contributed by atoms with Gasteiger partial charge in [-0.3, -0.25) is 4.79 Å². The van der Waals surface area contributed by atoms with E-state index in [0.717, 1.165) is 0 Å². The number of carbonyl (C=O) groups is 2. The summed E-state index contributed by atoms with van der Waals surface area (Å²) in [7, 11) is 0. The zero-order valence-corrected chi connectivity index (χ0v) is 12.6. The third kappa shape index (κ3) is 7.34. The highest BCUT2D eigenvalue weighted by molar-refractivity contribution is 5.84. The second kappa shape index (κ2) is 8.13. The van der Waals surface area contributed by atoms with E-state index in [0.29, 0.717) is 0 Å². The molecule has 0 saturated heterocycles. The summed E-state index contributed by atoms with van der Waals surface area (Å²) >= 11 is 0. The molecule has 1 atom stereocenters. The van der Waals surface area contributed by atoms with Crippen molar-refractivity contribution >= 4 is 12.0 Å². The summed E-state index contributed by atoms with van der Waals surface area (Å²) in [5.74, 6) is -0.670. The summed E-state index contributed by atoms with van der Waals surface area (Å²) in [6.07, 6.45) is 2.32. The molecule has 0 radical (unpaired) electrons.